The summed E-state index contributed by atoms with van der Waals surface area (Å²) >= 11 is 13.5. The van der Waals surface area contributed by atoms with Crippen molar-refractivity contribution in [1.82, 2.24) is 15.0 Å². The van der Waals surface area contributed by atoms with E-state index in [9.17, 15) is 4.79 Å². The second-order valence-corrected chi connectivity index (χ2v) is 8.91. The van der Waals surface area contributed by atoms with Gasteiger partial charge in [-0.2, -0.15) is 0 Å². The van der Waals surface area contributed by atoms with Crippen molar-refractivity contribution in [2.75, 3.05) is 22.5 Å². The van der Waals surface area contributed by atoms with Crippen LogP contribution in [0.1, 0.15) is 13.3 Å². The van der Waals surface area contributed by atoms with Crippen molar-refractivity contribution >= 4 is 57.1 Å². The van der Waals surface area contributed by atoms with Gasteiger partial charge < -0.3 is 20.7 Å². The van der Waals surface area contributed by atoms with E-state index < -0.39 is 6.03 Å². The zero-order valence-corrected chi connectivity index (χ0v) is 20.3. The van der Waals surface area contributed by atoms with Gasteiger partial charge >= 0.3 is 12.0 Å². The monoisotopic (exact) mass is 514 g/mol. The lowest BCUT2D eigenvalue weighted by Gasteiger charge is -2.09. The number of anilines is 3. The fourth-order valence-corrected chi connectivity index (χ4v) is 4.13. The number of urea groups is 1. The van der Waals surface area contributed by atoms with Crippen LogP contribution in [0.15, 0.2) is 61.1 Å². The Bertz CT molecular complexity index is 1270. The average Bonchev–Trinajstić information content (AvgIpc) is 3.30. The quantitative estimate of drug-likeness (QED) is 0.230. The molecule has 0 bridgehead atoms. The van der Waals surface area contributed by atoms with E-state index in [1.54, 1.807) is 29.5 Å². The number of nitrogens with one attached hydrogen (secondary N) is 3. The van der Waals surface area contributed by atoms with Gasteiger partial charge in [-0.3, -0.25) is 0 Å². The van der Waals surface area contributed by atoms with E-state index in [0.29, 0.717) is 27.2 Å². The van der Waals surface area contributed by atoms with Crippen molar-refractivity contribution in [2.24, 2.45) is 0 Å². The van der Waals surface area contributed by atoms with Gasteiger partial charge in [-0.1, -0.05) is 41.5 Å². The second kappa shape index (κ2) is 11.1. The number of aromatic nitrogens is 3. The molecule has 0 saturated carbocycles. The maximum absolute atomic E-state index is 12.2. The molecule has 0 aliphatic heterocycles. The van der Waals surface area contributed by atoms with Crippen LogP contribution in [0.25, 0.3) is 10.4 Å². The van der Waals surface area contributed by atoms with Crippen LogP contribution in [-0.2, 0) is 0 Å². The number of nitrogens with zero attached hydrogens (tertiary/aromatic N) is 3. The first-order valence-corrected chi connectivity index (χ1v) is 11.9. The van der Waals surface area contributed by atoms with E-state index in [4.69, 9.17) is 27.9 Å². The molecule has 0 fully saturated rings. The molecular formula is C23H20Cl2N6O2S. The molecule has 0 aliphatic carbocycles. The number of carbonyl (C=O) groups is 1. The molecule has 0 aliphatic rings. The molecule has 11 heteroatoms. The van der Waals surface area contributed by atoms with Crippen molar-refractivity contribution in [1.29, 1.82) is 0 Å². The Morgan fingerprint density at radius 3 is 2.47 bits per heavy atom. The van der Waals surface area contributed by atoms with E-state index in [1.807, 2.05) is 30.5 Å². The number of carbonyl (C=O) groups excluding carboxylic acids is 1. The summed E-state index contributed by atoms with van der Waals surface area (Å²) in [4.78, 5) is 25.9. The minimum absolute atomic E-state index is 0.156. The summed E-state index contributed by atoms with van der Waals surface area (Å²) in [6, 6.07) is 12.0. The SMILES string of the molecule is CCCNc1ncc(-c2ccc(Oc3ncc(NC(=O)Nc4ccc(Cl)cc4Cl)cn3)cc2)s1. The lowest BCUT2D eigenvalue weighted by molar-refractivity contribution is 0.262. The van der Waals surface area contributed by atoms with Crippen molar-refractivity contribution in [2.45, 2.75) is 13.3 Å². The molecule has 34 heavy (non-hydrogen) atoms. The highest BCUT2D eigenvalue weighted by atomic mass is 35.5. The molecule has 4 rings (SSSR count). The number of benzene rings is 2. The van der Waals surface area contributed by atoms with E-state index in [1.165, 1.54) is 12.4 Å². The average molecular weight is 515 g/mol. The van der Waals surface area contributed by atoms with Crippen LogP contribution in [0.2, 0.25) is 10.0 Å². The lowest BCUT2D eigenvalue weighted by atomic mass is 10.2. The van der Waals surface area contributed by atoms with Gasteiger partial charge in [0.05, 0.1) is 33.7 Å². The Hall–Kier alpha value is -3.40. The normalized spacial score (nSPS) is 10.6. The number of ether oxygens (including phenoxy) is 1. The van der Waals surface area contributed by atoms with Crippen LogP contribution in [0.5, 0.6) is 11.8 Å². The van der Waals surface area contributed by atoms with Crippen LogP contribution in [0.3, 0.4) is 0 Å². The van der Waals surface area contributed by atoms with Gasteiger partial charge in [0.1, 0.15) is 5.75 Å². The molecule has 3 N–H and O–H groups in total. The van der Waals surface area contributed by atoms with E-state index >= 15 is 0 Å². The number of hydrogen-bond donors (Lipinski definition) is 3. The second-order valence-electron chi connectivity index (χ2n) is 7.04. The third kappa shape index (κ3) is 6.34. The third-order valence-electron chi connectivity index (χ3n) is 4.45. The summed E-state index contributed by atoms with van der Waals surface area (Å²) < 4.78 is 5.71. The Labute approximate surface area is 210 Å². The van der Waals surface area contributed by atoms with Crippen molar-refractivity contribution in [3.63, 3.8) is 0 Å². The first-order valence-electron chi connectivity index (χ1n) is 10.3. The minimum Gasteiger partial charge on any atom is -0.424 e. The summed E-state index contributed by atoms with van der Waals surface area (Å²) in [5, 5.41) is 10.3. The largest absolute Gasteiger partial charge is 0.424 e. The molecule has 0 atom stereocenters. The molecule has 8 nitrogen and oxygen atoms in total. The van der Waals surface area contributed by atoms with Crippen LogP contribution in [0.4, 0.5) is 21.3 Å². The Kier molecular flexibility index (Phi) is 7.79. The standard InChI is InChI=1S/C23H20Cl2N6O2S/c1-2-9-26-23-29-13-20(34-23)14-3-6-17(7-4-14)33-22-27-11-16(12-28-22)30-21(32)31-19-8-5-15(24)10-18(19)25/h3-8,10-13H,2,9H2,1H3,(H,26,29)(H2,30,31,32). The highest BCUT2D eigenvalue weighted by Gasteiger charge is 2.09. The minimum atomic E-state index is -0.492. The van der Waals surface area contributed by atoms with Crippen LogP contribution < -0.4 is 20.7 Å². The molecule has 0 radical (unpaired) electrons. The van der Waals surface area contributed by atoms with Crippen molar-refractivity contribution in [3.8, 4) is 22.2 Å². The molecule has 174 valence electrons. The first-order chi connectivity index (χ1) is 16.5. The van der Waals surface area contributed by atoms with Crippen LogP contribution in [0, 0.1) is 0 Å². The summed E-state index contributed by atoms with van der Waals surface area (Å²) in [6.07, 6.45) is 5.79. The number of hydrogen-bond acceptors (Lipinski definition) is 7. The lowest BCUT2D eigenvalue weighted by Crippen LogP contribution is -2.19. The summed E-state index contributed by atoms with van der Waals surface area (Å²) in [5.74, 6) is 0.591. The fraction of sp³-hybridized carbons (Fsp3) is 0.130. The zero-order chi connectivity index (χ0) is 23.9. The summed E-state index contributed by atoms with van der Waals surface area (Å²) in [6.45, 7) is 3.01. The molecule has 2 heterocycles. The molecule has 0 saturated heterocycles. The summed E-state index contributed by atoms with van der Waals surface area (Å²) in [7, 11) is 0. The third-order valence-corrected chi connectivity index (χ3v) is 6.00. The van der Waals surface area contributed by atoms with Crippen LogP contribution in [-0.4, -0.2) is 27.5 Å². The van der Waals surface area contributed by atoms with Gasteiger partial charge in [-0.05, 0) is 54.4 Å². The predicted molar refractivity (Wildman–Crippen MR) is 138 cm³/mol. The Balaban J connectivity index is 1.32. The molecule has 2 amide bonds. The number of amides is 2. The predicted octanol–water partition coefficient (Wildman–Crippen LogP) is 7.17. The molecule has 0 spiro atoms. The number of rotatable bonds is 8. The zero-order valence-electron chi connectivity index (χ0n) is 18.0. The van der Waals surface area contributed by atoms with Gasteiger partial charge in [0.15, 0.2) is 5.13 Å². The first kappa shape index (κ1) is 23.7. The van der Waals surface area contributed by atoms with E-state index in [2.05, 4.69) is 37.8 Å². The number of thiazole rings is 1. The number of halogens is 2. The molecule has 2 aromatic carbocycles. The maximum Gasteiger partial charge on any atom is 0.323 e. The van der Waals surface area contributed by atoms with Crippen molar-refractivity contribution in [3.05, 3.63) is 71.1 Å². The van der Waals surface area contributed by atoms with Crippen molar-refractivity contribution < 1.29 is 9.53 Å². The molecule has 0 unspecified atom stereocenters. The highest BCUT2D eigenvalue weighted by molar-refractivity contribution is 7.18. The van der Waals surface area contributed by atoms with Gasteiger partial charge in [0.2, 0.25) is 0 Å². The van der Waals surface area contributed by atoms with Gasteiger partial charge in [0, 0.05) is 17.8 Å². The molecule has 4 aromatic rings. The smallest absolute Gasteiger partial charge is 0.323 e. The van der Waals surface area contributed by atoms with Crippen LogP contribution >= 0.6 is 34.5 Å². The van der Waals surface area contributed by atoms with E-state index in [0.717, 1.165) is 28.5 Å². The Morgan fingerprint density at radius 1 is 1.00 bits per heavy atom. The maximum atomic E-state index is 12.2. The highest BCUT2D eigenvalue weighted by Crippen LogP contribution is 2.31. The molecule has 2 aromatic heterocycles. The summed E-state index contributed by atoms with van der Waals surface area (Å²) in [5.41, 5.74) is 1.87. The van der Waals surface area contributed by atoms with Gasteiger partial charge in [0.25, 0.3) is 0 Å². The topological polar surface area (TPSA) is 101 Å². The van der Waals surface area contributed by atoms with Gasteiger partial charge in [-0.25, -0.2) is 19.7 Å². The fourth-order valence-electron chi connectivity index (χ4n) is 2.82. The molecular weight excluding hydrogens is 495 g/mol. The van der Waals surface area contributed by atoms with Gasteiger partial charge in [-0.15, -0.1) is 0 Å². The Morgan fingerprint density at radius 2 is 1.76 bits per heavy atom. The van der Waals surface area contributed by atoms with E-state index in [-0.39, 0.29) is 6.01 Å².